The van der Waals surface area contributed by atoms with Gasteiger partial charge in [0.2, 0.25) is 11.5 Å². The second-order valence-electron chi connectivity index (χ2n) is 5.36. The number of carbonyl (C=O) groups excluding carboxylic acids is 1. The zero-order chi connectivity index (χ0) is 18.7. The van der Waals surface area contributed by atoms with E-state index in [0.29, 0.717) is 23.9 Å². The third-order valence-corrected chi connectivity index (χ3v) is 4.52. The van der Waals surface area contributed by atoms with Crippen molar-refractivity contribution in [1.82, 2.24) is 14.7 Å². The van der Waals surface area contributed by atoms with E-state index in [1.165, 1.54) is 18.5 Å². The summed E-state index contributed by atoms with van der Waals surface area (Å²) >= 11 is 3.91. The van der Waals surface area contributed by atoms with E-state index in [4.69, 9.17) is 16.0 Å². The lowest BCUT2D eigenvalue weighted by molar-refractivity contribution is 0.103. The van der Waals surface area contributed by atoms with Gasteiger partial charge in [0.1, 0.15) is 17.0 Å². The minimum Gasteiger partial charge on any atom is -0.760 e. The van der Waals surface area contributed by atoms with Crippen molar-refractivity contribution in [1.29, 1.82) is 0 Å². The molecule has 3 aromatic rings. The Hall–Kier alpha value is -2.20. The molecular formula is C16H12ClFN3O4S-. The summed E-state index contributed by atoms with van der Waals surface area (Å²) in [6.07, 6.45) is 1.91. The standard InChI is InChI=1S/C16H13ClFN3O4S/c17-14-9(2-1-5-20-26(23)24)6-10(18)7-11(14)15(22)12-3-4-13-16(21-12)25-8-19-13/h3-4,6-8,20H,1-2,5H2,(H,23,24)/p-1. The number of hydrogen-bond acceptors (Lipinski definition) is 6. The van der Waals surface area contributed by atoms with Crippen LogP contribution in [0.3, 0.4) is 0 Å². The molecule has 0 aliphatic rings. The minimum atomic E-state index is -2.36. The highest BCUT2D eigenvalue weighted by Crippen LogP contribution is 2.26. The van der Waals surface area contributed by atoms with Crippen molar-refractivity contribution in [3.05, 3.63) is 58.3 Å². The molecule has 0 aliphatic carbocycles. The van der Waals surface area contributed by atoms with Gasteiger partial charge >= 0.3 is 0 Å². The van der Waals surface area contributed by atoms with Crippen molar-refractivity contribution >= 4 is 39.9 Å². The maximum atomic E-state index is 14.0. The number of rotatable bonds is 7. The summed E-state index contributed by atoms with van der Waals surface area (Å²) in [4.78, 5) is 20.7. The second kappa shape index (κ2) is 8.00. The van der Waals surface area contributed by atoms with Gasteiger partial charge in [0, 0.05) is 23.4 Å². The van der Waals surface area contributed by atoms with Crippen LogP contribution < -0.4 is 4.72 Å². The Balaban J connectivity index is 1.86. The van der Waals surface area contributed by atoms with Crippen LogP contribution in [0.2, 0.25) is 5.02 Å². The lowest BCUT2D eigenvalue weighted by Gasteiger charge is -2.11. The zero-order valence-electron chi connectivity index (χ0n) is 13.2. The van der Waals surface area contributed by atoms with E-state index in [1.54, 1.807) is 6.07 Å². The van der Waals surface area contributed by atoms with E-state index >= 15 is 0 Å². The Morgan fingerprint density at radius 1 is 1.38 bits per heavy atom. The number of nitrogens with one attached hydrogen (secondary N) is 1. The van der Waals surface area contributed by atoms with Gasteiger partial charge in [0.25, 0.3) is 0 Å². The van der Waals surface area contributed by atoms with Gasteiger partial charge in [-0.1, -0.05) is 11.6 Å². The first-order valence-corrected chi connectivity index (χ1v) is 8.96. The van der Waals surface area contributed by atoms with Gasteiger partial charge in [0.15, 0.2) is 6.39 Å². The highest BCUT2D eigenvalue weighted by molar-refractivity contribution is 7.77. The van der Waals surface area contributed by atoms with E-state index in [2.05, 4.69) is 14.7 Å². The SMILES string of the molecule is O=C(c1ccc2ncoc2n1)c1cc(F)cc(CCCNS(=O)[O-])c1Cl. The van der Waals surface area contributed by atoms with Crippen molar-refractivity contribution in [3.63, 3.8) is 0 Å². The van der Waals surface area contributed by atoms with Crippen molar-refractivity contribution in [2.75, 3.05) is 6.54 Å². The fourth-order valence-corrected chi connectivity index (χ4v) is 3.04. The van der Waals surface area contributed by atoms with Crippen LogP contribution in [0.5, 0.6) is 0 Å². The van der Waals surface area contributed by atoms with Gasteiger partial charge in [-0.3, -0.25) is 9.00 Å². The molecule has 0 fully saturated rings. The normalized spacial score (nSPS) is 12.4. The smallest absolute Gasteiger partial charge is 0.247 e. The van der Waals surface area contributed by atoms with Crippen molar-refractivity contribution in [2.45, 2.75) is 12.8 Å². The molecule has 2 heterocycles. The monoisotopic (exact) mass is 396 g/mol. The molecule has 7 nitrogen and oxygen atoms in total. The van der Waals surface area contributed by atoms with E-state index in [-0.39, 0.29) is 28.5 Å². The topological polar surface area (TPSA) is 108 Å². The molecule has 1 atom stereocenters. The largest absolute Gasteiger partial charge is 0.760 e. The molecule has 2 aromatic heterocycles. The van der Waals surface area contributed by atoms with Gasteiger partial charge in [-0.25, -0.2) is 19.1 Å². The molecule has 0 aliphatic heterocycles. The molecule has 0 saturated carbocycles. The van der Waals surface area contributed by atoms with Gasteiger partial charge < -0.3 is 8.97 Å². The Labute approximate surface area is 155 Å². The molecule has 136 valence electrons. The average Bonchev–Trinajstić information content (AvgIpc) is 3.08. The number of fused-ring (bicyclic) bond motifs is 1. The summed E-state index contributed by atoms with van der Waals surface area (Å²) in [5.41, 5.74) is 1.13. The number of oxazole rings is 1. The van der Waals surface area contributed by atoms with Crippen LogP contribution in [0.1, 0.15) is 28.0 Å². The fourth-order valence-electron chi connectivity index (χ4n) is 2.44. The van der Waals surface area contributed by atoms with Crippen LogP contribution in [0.15, 0.2) is 35.1 Å². The highest BCUT2D eigenvalue weighted by atomic mass is 35.5. The van der Waals surface area contributed by atoms with Crippen molar-refractivity contribution < 1.29 is 22.4 Å². The predicted octanol–water partition coefficient (Wildman–Crippen LogP) is 2.56. The maximum Gasteiger partial charge on any atom is 0.247 e. The molecule has 0 bridgehead atoms. The molecule has 10 heteroatoms. The number of ketones is 1. The first-order chi connectivity index (χ1) is 12.5. The van der Waals surface area contributed by atoms with Crippen LogP contribution in [0.4, 0.5) is 4.39 Å². The summed E-state index contributed by atoms with van der Waals surface area (Å²) < 4.78 is 42.1. The Kier molecular flexibility index (Phi) is 5.72. The zero-order valence-corrected chi connectivity index (χ0v) is 14.8. The third-order valence-electron chi connectivity index (χ3n) is 3.63. The number of aryl methyl sites for hydroxylation is 1. The Morgan fingerprint density at radius 3 is 2.96 bits per heavy atom. The average molecular weight is 397 g/mol. The number of pyridine rings is 1. The summed E-state index contributed by atoms with van der Waals surface area (Å²) in [5, 5.41) is 0.110. The highest BCUT2D eigenvalue weighted by Gasteiger charge is 2.19. The summed E-state index contributed by atoms with van der Waals surface area (Å²) in [6.45, 7) is 0.177. The van der Waals surface area contributed by atoms with E-state index in [0.717, 1.165) is 6.07 Å². The molecule has 3 rings (SSSR count). The molecule has 1 unspecified atom stereocenters. The number of aromatic nitrogens is 2. The van der Waals surface area contributed by atoms with Gasteiger partial charge in [0.05, 0.1) is 5.02 Å². The lowest BCUT2D eigenvalue weighted by atomic mass is 10.0. The van der Waals surface area contributed by atoms with Crippen LogP contribution >= 0.6 is 11.6 Å². The van der Waals surface area contributed by atoms with Crippen molar-refractivity contribution in [2.24, 2.45) is 0 Å². The van der Waals surface area contributed by atoms with Crippen LogP contribution in [-0.2, 0) is 17.7 Å². The first kappa shape index (κ1) is 18.6. The minimum absolute atomic E-state index is 0.0200. The van der Waals surface area contributed by atoms with Crippen molar-refractivity contribution in [3.8, 4) is 0 Å². The first-order valence-electron chi connectivity index (χ1n) is 7.51. The molecule has 0 spiro atoms. The van der Waals surface area contributed by atoms with Crippen LogP contribution in [-0.4, -0.2) is 31.1 Å². The molecule has 26 heavy (non-hydrogen) atoms. The molecule has 0 saturated heterocycles. The number of hydrogen-bond donors (Lipinski definition) is 1. The summed E-state index contributed by atoms with van der Waals surface area (Å²) in [7, 11) is 0. The van der Waals surface area contributed by atoms with Crippen LogP contribution in [0, 0.1) is 5.82 Å². The van der Waals surface area contributed by atoms with Gasteiger partial charge in [-0.05, 0) is 42.7 Å². The fraction of sp³-hybridized carbons (Fsp3) is 0.188. The molecular weight excluding hydrogens is 385 g/mol. The Morgan fingerprint density at radius 2 is 2.19 bits per heavy atom. The number of carbonyl (C=O) groups is 1. The van der Waals surface area contributed by atoms with Gasteiger partial charge in [-0.2, -0.15) is 0 Å². The Bertz CT molecular complexity index is 995. The lowest BCUT2D eigenvalue weighted by Crippen LogP contribution is -2.18. The quantitative estimate of drug-likeness (QED) is 0.373. The molecule has 1 aromatic carbocycles. The van der Waals surface area contributed by atoms with Crippen LogP contribution in [0.25, 0.3) is 11.2 Å². The predicted molar refractivity (Wildman–Crippen MR) is 91.9 cm³/mol. The molecule has 0 amide bonds. The number of halogens is 2. The van der Waals surface area contributed by atoms with Gasteiger partial charge in [-0.15, -0.1) is 0 Å². The summed E-state index contributed by atoms with van der Waals surface area (Å²) in [5.74, 6) is -1.17. The second-order valence-corrected chi connectivity index (χ2v) is 6.50. The van der Waals surface area contributed by atoms with E-state index in [9.17, 15) is 17.9 Å². The number of benzene rings is 1. The molecule has 1 N–H and O–H groups in total. The maximum absolute atomic E-state index is 14.0. The summed E-state index contributed by atoms with van der Waals surface area (Å²) in [6, 6.07) is 5.30. The third kappa shape index (κ3) is 4.13. The van der Waals surface area contributed by atoms with E-state index in [1.807, 2.05) is 0 Å². The number of nitrogens with zero attached hydrogens (tertiary/aromatic N) is 2. The molecule has 0 radical (unpaired) electrons. The van der Waals surface area contributed by atoms with E-state index < -0.39 is 22.9 Å².